The van der Waals surface area contributed by atoms with E-state index < -0.39 is 0 Å². The van der Waals surface area contributed by atoms with Crippen molar-refractivity contribution in [3.8, 4) is 5.75 Å². The van der Waals surface area contributed by atoms with Gasteiger partial charge in [-0.1, -0.05) is 12.1 Å². The Morgan fingerprint density at radius 2 is 2.25 bits per heavy atom. The monoisotopic (exact) mass is 221 g/mol. The maximum absolute atomic E-state index is 9.49. The molecule has 0 radical (unpaired) electrons. The fourth-order valence-corrected chi connectivity index (χ4v) is 2.64. The van der Waals surface area contributed by atoms with Crippen LogP contribution in [-0.2, 0) is 0 Å². The predicted octanol–water partition coefficient (Wildman–Crippen LogP) is 1.47. The van der Waals surface area contributed by atoms with Gasteiger partial charge >= 0.3 is 0 Å². The molecule has 3 N–H and O–H groups in total. The minimum Gasteiger partial charge on any atom is -0.508 e. The molecule has 1 fully saturated rings. The summed E-state index contributed by atoms with van der Waals surface area (Å²) in [6, 6.07) is 7.72. The first-order valence-electron chi connectivity index (χ1n) is 5.85. The van der Waals surface area contributed by atoms with E-state index in [1.807, 2.05) is 18.2 Å². The predicted molar refractivity (Wildman–Crippen MR) is 63.5 cm³/mol. The van der Waals surface area contributed by atoms with Gasteiger partial charge < -0.3 is 15.5 Å². The molecule has 1 heterocycles. The van der Waals surface area contributed by atoms with E-state index in [0.717, 1.165) is 18.5 Å². The van der Waals surface area contributed by atoms with Crippen LogP contribution >= 0.6 is 0 Å². The van der Waals surface area contributed by atoms with Gasteiger partial charge in [0.05, 0.1) is 0 Å². The lowest BCUT2D eigenvalue weighted by molar-refractivity contribution is 0.146. The molecule has 0 aliphatic carbocycles. The van der Waals surface area contributed by atoms with Crippen LogP contribution in [0, 0.1) is 5.92 Å². The molecule has 16 heavy (non-hydrogen) atoms. The first kappa shape index (κ1) is 11.4. The fourth-order valence-electron chi connectivity index (χ4n) is 2.64. The van der Waals surface area contributed by atoms with Crippen LogP contribution < -0.4 is 5.32 Å². The van der Waals surface area contributed by atoms with Crippen molar-refractivity contribution in [3.63, 3.8) is 0 Å². The molecule has 0 unspecified atom stereocenters. The Morgan fingerprint density at radius 3 is 2.94 bits per heavy atom. The fraction of sp³-hybridized carbons (Fsp3) is 0.538. The molecule has 0 bridgehead atoms. The number of aliphatic hydroxyl groups excluding tert-OH is 1. The van der Waals surface area contributed by atoms with E-state index in [9.17, 15) is 10.2 Å². The van der Waals surface area contributed by atoms with E-state index in [1.54, 1.807) is 6.07 Å². The Hall–Kier alpha value is -1.06. The van der Waals surface area contributed by atoms with Crippen LogP contribution in [0.2, 0.25) is 0 Å². The quantitative estimate of drug-likeness (QED) is 0.709. The molecule has 1 saturated heterocycles. The topological polar surface area (TPSA) is 52.5 Å². The molecular weight excluding hydrogens is 202 g/mol. The van der Waals surface area contributed by atoms with Crippen molar-refractivity contribution in [1.82, 2.24) is 5.32 Å². The maximum atomic E-state index is 9.49. The van der Waals surface area contributed by atoms with Crippen LogP contribution in [0.25, 0.3) is 0 Å². The third kappa shape index (κ3) is 2.20. The highest BCUT2D eigenvalue weighted by molar-refractivity contribution is 5.30. The molecule has 3 heteroatoms. The number of nitrogens with one attached hydrogen (secondary N) is 1. The van der Waals surface area contributed by atoms with Crippen molar-refractivity contribution in [2.45, 2.75) is 25.3 Å². The lowest BCUT2D eigenvalue weighted by Gasteiger charge is -2.36. The zero-order chi connectivity index (χ0) is 11.5. The number of hydrogen-bond acceptors (Lipinski definition) is 3. The van der Waals surface area contributed by atoms with Gasteiger partial charge in [0, 0.05) is 18.6 Å². The third-order valence-electron chi connectivity index (χ3n) is 3.59. The second-order valence-electron chi connectivity index (χ2n) is 4.58. The van der Waals surface area contributed by atoms with Crippen molar-refractivity contribution in [2.75, 3.05) is 13.2 Å². The number of benzene rings is 1. The van der Waals surface area contributed by atoms with Gasteiger partial charge in [0.2, 0.25) is 0 Å². The molecule has 88 valence electrons. The second kappa shape index (κ2) is 4.85. The number of aromatic hydroxyl groups is 1. The van der Waals surface area contributed by atoms with Crippen LogP contribution in [0.15, 0.2) is 24.3 Å². The molecule has 2 rings (SSSR count). The van der Waals surface area contributed by atoms with Crippen LogP contribution in [-0.4, -0.2) is 29.4 Å². The van der Waals surface area contributed by atoms with Crippen molar-refractivity contribution >= 4 is 0 Å². The standard InChI is InChI=1S/C13H19NO2/c1-9-13(8-15)12(5-6-14-9)10-3-2-4-11(16)7-10/h2-4,7,9,12-16H,5-6,8H2,1H3/t9-,12+,13-/m1/s1. The molecule has 1 aromatic carbocycles. The Bertz CT molecular complexity index is 354. The summed E-state index contributed by atoms with van der Waals surface area (Å²) < 4.78 is 0. The van der Waals surface area contributed by atoms with Gasteiger partial charge in [-0.05, 0) is 43.5 Å². The third-order valence-corrected chi connectivity index (χ3v) is 3.59. The summed E-state index contributed by atoms with van der Waals surface area (Å²) in [6.07, 6.45) is 1.01. The highest BCUT2D eigenvalue weighted by Crippen LogP contribution is 2.34. The van der Waals surface area contributed by atoms with Crippen LogP contribution in [0.5, 0.6) is 5.75 Å². The summed E-state index contributed by atoms with van der Waals surface area (Å²) in [5.41, 5.74) is 1.13. The average Bonchev–Trinajstić information content (AvgIpc) is 2.28. The first-order valence-corrected chi connectivity index (χ1v) is 5.85. The van der Waals surface area contributed by atoms with Gasteiger partial charge in [-0.15, -0.1) is 0 Å². The Kier molecular flexibility index (Phi) is 3.46. The highest BCUT2D eigenvalue weighted by Gasteiger charge is 2.30. The van der Waals surface area contributed by atoms with Gasteiger partial charge in [-0.2, -0.15) is 0 Å². The number of aliphatic hydroxyl groups is 1. The molecule has 1 aromatic rings. The zero-order valence-corrected chi connectivity index (χ0v) is 9.56. The number of phenols is 1. The van der Waals surface area contributed by atoms with E-state index in [2.05, 4.69) is 12.2 Å². The van der Waals surface area contributed by atoms with E-state index in [1.165, 1.54) is 0 Å². The van der Waals surface area contributed by atoms with Crippen LogP contribution in [0.1, 0.15) is 24.8 Å². The minimum atomic E-state index is 0.189. The van der Waals surface area contributed by atoms with Gasteiger partial charge in [0.25, 0.3) is 0 Å². The van der Waals surface area contributed by atoms with Gasteiger partial charge in [0.15, 0.2) is 0 Å². The number of hydrogen-bond donors (Lipinski definition) is 3. The van der Waals surface area contributed by atoms with Crippen molar-refractivity contribution in [3.05, 3.63) is 29.8 Å². The zero-order valence-electron chi connectivity index (χ0n) is 9.56. The smallest absolute Gasteiger partial charge is 0.115 e. The van der Waals surface area contributed by atoms with Crippen molar-refractivity contribution < 1.29 is 10.2 Å². The number of piperidine rings is 1. The summed E-state index contributed by atoms with van der Waals surface area (Å²) in [5, 5.41) is 22.3. The van der Waals surface area contributed by atoms with E-state index in [-0.39, 0.29) is 12.5 Å². The molecule has 3 nitrogen and oxygen atoms in total. The average molecular weight is 221 g/mol. The molecule has 3 atom stereocenters. The van der Waals surface area contributed by atoms with E-state index in [4.69, 9.17) is 0 Å². The molecule has 0 amide bonds. The summed E-state index contributed by atoms with van der Waals surface area (Å²) in [7, 11) is 0. The van der Waals surface area contributed by atoms with E-state index >= 15 is 0 Å². The summed E-state index contributed by atoms with van der Waals surface area (Å²) in [6.45, 7) is 3.27. The molecule has 0 spiro atoms. The van der Waals surface area contributed by atoms with Gasteiger partial charge in [0.1, 0.15) is 5.75 Å². The number of rotatable bonds is 2. The van der Waals surface area contributed by atoms with Crippen LogP contribution in [0.4, 0.5) is 0 Å². The number of phenolic OH excluding ortho intramolecular Hbond substituents is 1. The van der Waals surface area contributed by atoms with Crippen molar-refractivity contribution in [1.29, 1.82) is 0 Å². The Balaban J connectivity index is 2.24. The van der Waals surface area contributed by atoms with Gasteiger partial charge in [-0.3, -0.25) is 0 Å². The molecule has 1 aliphatic rings. The second-order valence-corrected chi connectivity index (χ2v) is 4.58. The van der Waals surface area contributed by atoms with Crippen LogP contribution in [0.3, 0.4) is 0 Å². The summed E-state index contributed by atoms with van der Waals surface area (Å²) in [5.74, 6) is 0.879. The lowest BCUT2D eigenvalue weighted by Crippen LogP contribution is -2.44. The Morgan fingerprint density at radius 1 is 1.44 bits per heavy atom. The highest BCUT2D eigenvalue weighted by atomic mass is 16.3. The normalized spacial score (nSPS) is 30.2. The van der Waals surface area contributed by atoms with E-state index in [0.29, 0.717) is 17.7 Å². The largest absolute Gasteiger partial charge is 0.508 e. The molecule has 0 saturated carbocycles. The minimum absolute atomic E-state index is 0.189. The van der Waals surface area contributed by atoms with Gasteiger partial charge in [-0.25, -0.2) is 0 Å². The summed E-state index contributed by atoms with van der Waals surface area (Å²) in [4.78, 5) is 0. The lowest BCUT2D eigenvalue weighted by atomic mass is 9.77. The molecule has 1 aliphatic heterocycles. The maximum Gasteiger partial charge on any atom is 0.115 e. The summed E-state index contributed by atoms with van der Waals surface area (Å²) >= 11 is 0. The van der Waals surface area contributed by atoms with Crippen molar-refractivity contribution in [2.24, 2.45) is 5.92 Å². The molecular formula is C13H19NO2. The SMILES string of the molecule is C[C@H]1NCC[C@@H](c2cccc(O)c2)[C@@H]1CO. The first-order chi connectivity index (χ1) is 7.72. The Labute approximate surface area is 96.1 Å². The molecule has 0 aromatic heterocycles.